The van der Waals surface area contributed by atoms with E-state index in [1.807, 2.05) is 11.8 Å². The summed E-state index contributed by atoms with van der Waals surface area (Å²) in [4.78, 5) is 14.2. The molecule has 100 valence electrons. The summed E-state index contributed by atoms with van der Waals surface area (Å²) in [6.07, 6.45) is 4.57. The van der Waals surface area contributed by atoms with Crippen LogP contribution in [-0.4, -0.2) is 41.4 Å². The molecule has 4 heteroatoms. The van der Waals surface area contributed by atoms with E-state index in [9.17, 15) is 4.79 Å². The van der Waals surface area contributed by atoms with Crippen molar-refractivity contribution < 1.29 is 4.79 Å². The molecule has 0 aromatic heterocycles. The van der Waals surface area contributed by atoms with E-state index in [4.69, 9.17) is 5.73 Å². The molecule has 1 aliphatic heterocycles. The molecule has 1 saturated heterocycles. The Morgan fingerprint density at radius 1 is 1.47 bits per heavy atom. The van der Waals surface area contributed by atoms with Crippen molar-refractivity contribution in [3.63, 3.8) is 0 Å². The zero-order chi connectivity index (χ0) is 12.7. The number of nitrogens with two attached hydrogens (primary N) is 1. The van der Waals surface area contributed by atoms with Crippen molar-refractivity contribution >= 4 is 17.7 Å². The summed E-state index contributed by atoms with van der Waals surface area (Å²) in [5, 5.41) is 0.121. The van der Waals surface area contributed by atoms with Crippen LogP contribution in [0.3, 0.4) is 0 Å². The zero-order valence-electron chi connectivity index (χ0n) is 11.2. The number of hydrogen-bond acceptors (Lipinski definition) is 3. The average Bonchev–Trinajstić information content (AvgIpc) is 2.38. The second-order valence-electron chi connectivity index (χ2n) is 4.87. The third-order valence-electron chi connectivity index (χ3n) is 3.47. The van der Waals surface area contributed by atoms with Gasteiger partial charge in [0.25, 0.3) is 0 Å². The van der Waals surface area contributed by atoms with Crippen molar-refractivity contribution in [1.82, 2.24) is 4.90 Å². The lowest BCUT2D eigenvalue weighted by Gasteiger charge is -2.33. The van der Waals surface area contributed by atoms with Gasteiger partial charge in [-0.3, -0.25) is 4.79 Å². The van der Waals surface area contributed by atoms with Crippen LogP contribution < -0.4 is 5.73 Å². The van der Waals surface area contributed by atoms with Gasteiger partial charge in [-0.05, 0) is 44.4 Å². The Hall–Kier alpha value is -0.220. The third kappa shape index (κ3) is 4.88. The first-order valence-electron chi connectivity index (χ1n) is 6.79. The molecule has 2 N–H and O–H groups in total. The Morgan fingerprint density at radius 2 is 2.12 bits per heavy atom. The molecule has 1 fully saturated rings. The van der Waals surface area contributed by atoms with Gasteiger partial charge < -0.3 is 10.6 Å². The summed E-state index contributed by atoms with van der Waals surface area (Å²) < 4.78 is 0. The molecule has 1 aliphatic rings. The van der Waals surface area contributed by atoms with Gasteiger partial charge in [0.15, 0.2) is 0 Å². The molecular weight excluding hydrogens is 232 g/mol. The first kappa shape index (κ1) is 14.8. The quantitative estimate of drug-likeness (QED) is 0.742. The van der Waals surface area contributed by atoms with Gasteiger partial charge in [0.1, 0.15) is 0 Å². The minimum Gasteiger partial charge on any atom is -0.342 e. The normalized spacial score (nSPS) is 19.4. The second-order valence-corrected chi connectivity index (χ2v) is 6.32. The predicted octanol–water partition coefficient (Wildman–Crippen LogP) is 2.11. The van der Waals surface area contributed by atoms with Gasteiger partial charge in [0.2, 0.25) is 5.91 Å². The summed E-state index contributed by atoms with van der Waals surface area (Å²) >= 11 is 1.79. The first-order chi connectivity index (χ1) is 8.19. The molecule has 17 heavy (non-hydrogen) atoms. The lowest BCUT2D eigenvalue weighted by molar-refractivity contribution is -0.131. The third-order valence-corrected chi connectivity index (χ3v) is 4.70. The largest absolute Gasteiger partial charge is 0.342 e. The highest BCUT2D eigenvalue weighted by molar-refractivity contribution is 8.00. The fourth-order valence-electron chi connectivity index (χ4n) is 2.12. The number of thioether (sulfide) groups is 1. The maximum Gasteiger partial charge on any atom is 0.235 e. The van der Waals surface area contributed by atoms with E-state index < -0.39 is 0 Å². The van der Waals surface area contributed by atoms with E-state index in [0.717, 1.165) is 38.2 Å². The first-order valence-corrected chi connectivity index (χ1v) is 7.84. The van der Waals surface area contributed by atoms with Crippen LogP contribution in [0.15, 0.2) is 0 Å². The number of carbonyl (C=O) groups is 1. The van der Waals surface area contributed by atoms with Crippen LogP contribution in [0.1, 0.15) is 39.5 Å². The lowest BCUT2D eigenvalue weighted by atomic mass is 9.97. The molecule has 0 saturated carbocycles. The molecule has 1 atom stereocenters. The fourth-order valence-corrected chi connectivity index (χ4v) is 3.22. The second kappa shape index (κ2) is 7.98. The van der Waals surface area contributed by atoms with Crippen LogP contribution in [0.2, 0.25) is 0 Å². The molecular formula is C13H26N2OS. The van der Waals surface area contributed by atoms with Gasteiger partial charge in [-0.2, -0.15) is 0 Å². The Kier molecular flexibility index (Phi) is 6.97. The van der Waals surface area contributed by atoms with E-state index >= 15 is 0 Å². The van der Waals surface area contributed by atoms with Gasteiger partial charge >= 0.3 is 0 Å². The van der Waals surface area contributed by atoms with Gasteiger partial charge in [0.05, 0.1) is 5.25 Å². The van der Waals surface area contributed by atoms with Gasteiger partial charge in [-0.1, -0.05) is 13.3 Å². The molecule has 1 amide bonds. The Balaban J connectivity index is 2.27. The molecule has 0 aromatic rings. The van der Waals surface area contributed by atoms with Crippen molar-refractivity contribution in [2.75, 3.05) is 25.4 Å². The number of amides is 1. The fraction of sp³-hybridized carbons (Fsp3) is 0.923. The topological polar surface area (TPSA) is 46.3 Å². The number of piperidine rings is 1. The van der Waals surface area contributed by atoms with E-state index in [0.29, 0.717) is 11.8 Å². The van der Waals surface area contributed by atoms with Gasteiger partial charge in [0, 0.05) is 13.1 Å². The highest BCUT2D eigenvalue weighted by Gasteiger charge is 2.25. The van der Waals surface area contributed by atoms with Crippen LogP contribution in [0, 0.1) is 5.92 Å². The highest BCUT2D eigenvalue weighted by atomic mass is 32.2. The van der Waals surface area contributed by atoms with E-state index in [-0.39, 0.29) is 5.25 Å². The molecule has 0 aromatic carbocycles. The van der Waals surface area contributed by atoms with E-state index in [2.05, 4.69) is 6.92 Å². The van der Waals surface area contributed by atoms with Crippen LogP contribution >= 0.6 is 11.8 Å². The van der Waals surface area contributed by atoms with Crippen molar-refractivity contribution in [1.29, 1.82) is 0 Å². The molecule has 0 radical (unpaired) electrons. The number of likely N-dealkylation sites (tertiary alicyclic amines) is 1. The number of rotatable bonds is 6. The Morgan fingerprint density at radius 3 is 2.65 bits per heavy atom. The zero-order valence-corrected chi connectivity index (χ0v) is 12.0. The molecule has 0 spiro atoms. The summed E-state index contributed by atoms with van der Waals surface area (Å²) in [6, 6.07) is 0. The standard InChI is InChI=1S/C13H26N2OS/c1-3-4-9-17-11(2)13(16)15-7-5-12(10-14)6-8-15/h11-12H,3-10,14H2,1-2H3. The summed E-state index contributed by atoms with van der Waals surface area (Å²) in [6.45, 7) is 6.80. The van der Waals surface area contributed by atoms with Gasteiger partial charge in [-0.15, -0.1) is 11.8 Å². The van der Waals surface area contributed by atoms with Crippen LogP contribution in [0.25, 0.3) is 0 Å². The van der Waals surface area contributed by atoms with E-state index in [1.165, 1.54) is 12.8 Å². The van der Waals surface area contributed by atoms with Crippen molar-refractivity contribution in [3.05, 3.63) is 0 Å². The highest BCUT2D eigenvalue weighted by Crippen LogP contribution is 2.20. The van der Waals surface area contributed by atoms with Crippen molar-refractivity contribution in [2.45, 2.75) is 44.8 Å². The number of carbonyl (C=O) groups excluding carboxylic acids is 1. The van der Waals surface area contributed by atoms with Crippen LogP contribution in [0.5, 0.6) is 0 Å². The summed E-state index contributed by atoms with van der Waals surface area (Å²) in [5.74, 6) is 2.05. The maximum absolute atomic E-state index is 12.2. The van der Waals surface area contributed by atoms with Gasteiger partial charge in [-0.25, -0.2) is 0 Å². The Bertz CT molecular complexity index is 227. The average molecular weight is 258 g/mol. The minimum absolute atomic E-state index is 0.121. The molecule has 1 heterocycles. The van der Waals surface area contributed by atoms with E-state index in [1.54, 1.807) is 11.8 Å². The Labute approximate surface area is 109 Å². The number of nitrogens with zero attached hydrogens (tertiary/aromatic N) is 1. The SMILES string of the molecule is CCCCSC(C)C(=O)N1CCC(CN)CC1. The van der Waals surface area contributed by atoms with Crippen LogP contribution in [-0.2, 0) is 4.79 Å². The monoisotopic (exact) mass is 258 g/mol. The number of hydrogen-bond donors (Lipinski definition) is 1. The molecule has 3 nitrogen and oxygen atoms in total. The molecule has 0 aliphatic carbocycles. The lowest BCUT2D eigenvalue weighted by Crippen LogP contribution is -2.43. The summed E-state index contributed by atoms with van der Waals surface area (Å²) in [7, 11) is 0. The minimum atomic E-state index is 0.121. The maximum atomic E-state index is 12.2. The van der Waals surface area contributed by atoms with Crippen LogP contribution in [0.4, 0.5) is 0 Å². The van der Waals surface area contributed by atoms with Crippen molar-refractivity contribution in [2.24, 2.45) is 11.7 Å². The summed E-state index contributed by atoms with van der Waals surface area (Å²) in [5.41, 5.74) is 5.66. The molecule has 0 bridgehead atoms. The smallest absolute Gasteiger partial charge is 0.235 e. The predicted molar refractivity (Wildman–Crippen MR) is 75.2 cm³/mol. The molecule has 1 rings (SSSR count). The van der Waals surface area contributed by atoms with Crippen molar-refractivity contribution in [3.8, 4) is 0 Å². The number of unbranched alkanes of at least 4 members (excludes halogenated alkanes) is 1. The molecule has 1 unspecified atom stereocenters.